The van der Waals surface area contributed by atoms with Crippen LogP contribution in [0.2, 0.25) is 0 Å². The lowest BCUT2D eigenvalue weighted by molar-refractivity contribution is -0.129. The monoisotopic (exact) mass is 298 g/mol. The van der Waals surface area contributed by atoms with E-state index < -0.39 is 6.10 Å². The van der Waals surface area contributed by atoms with Crippen LogP contribution in [0, 0.1) is 5.92 Å². The van der Waals surface area contributed by atoms with E-state index in [1.165, 1.54) is 0 Å². The second-order valence-corrected chi connectivity index (χ2v) is 5.46. The van der Waals surface area contributed by atoms with Crippen LogP contribution < -0.4 is 15.8 Å². The summed E-state index contributed by atoms with van der Waals surface area (Å²) < 4.78 is 5.61. The van der Waals surface area contributed by atoms with E-state index in [0.717, 1.165) is 12.8 Å². The van der Waals surface area contributed by atoms with Gasteiger partial charge in [0.15, 0.2) is 6.10 Å². The fourth-order valence-electron chi connectivity index (χ4n) is 2.18. The molecule has 2 unspecified atom stereocenters. The number of amides is 1. The van der Waals surface area contributed by atoms with Crippen molar-refractivity contribution >= 4 is 18.3 Å². The summed E-state index contributed by atoms with van der Waals surface area (Å²) in [6, 6.07) is 9.36. The summed E-state index contributed by atoms with van der Waals surface area (Å²) in [6.07, 6.45) is 1.76. The van der Waals surface area contributed by atoms with Crippen molar-refractivity contribution in [1.29, 1.82) is 0 Å². The van der Waals surface area contributed by atoms with Gasteiger partial charge < -0.3 is 15.8 Å². The van der Waals surface area contributed by atoms with Gasteiger partial charge in [0.1, 0.15) is 5.75 Å². The Morgan fingerprint density at radius 1 is 1.45 bits per heavy atom. The third-order valence-electron chi connectivity index (χ3n) is 3.74. The smallest absolute Gasteiger partial charge is 0.261 e. The van der Waals surface area contributed by atoms with Gasteiger partial charge in [0, 0.05) is 6.54 Å². The van der Waals surface area contributed by atoms with E-state index in [2.05, 4.69) is 5.32 Å². The summed E-state index contributed by atoms with van der Waals surface area (Å²) in [5, 5.41) is 3.04. The van der Waals surface area contributed by atoms with E-state index >= 15 is 0 Å². The van der Waals surface area contributed by atoms with Crippen molar-refractivity contribution < 1.29 is 9.53 Å². The number of para-hydroxylation sites is 1. The average molecular weight is 299 g/mol. The highest BCUT2D eigenvalue weighted by atomic mass is 35.5. The Bertz CT molecular complexity index is 437. The predicted octanol–water partition coefficient (Wildman–Crippen LogP) is 2.12. The summed E-state index contributed by atoms with van der Waals surface area (Å²) in [7, 11) is 0. The molecule has 1 fully saturated rings. The van der Waals surface area contributed by atoms with Crippen LogP contribution >= 0.6 is 12.4 Å². The SMILES string of the molecule is CC(Oc1ccccc1)C(=O)NC(C)(CN)C1CC1.Cl. The second kappa shape index (κ2) is 6.95. The van der Waals surface area contributed by atoms with Gasteiger partial charge in [-0.15, -0.1) is 12.4 Å². The van der Waals surface area contributed by atoms with Gasteiger partial charge in [0.2, 0.25) is 0 Å². The van der Waals surface area contributed by atoms with Crippen molar-refractivity contribution in [1.82, 2.24) is 5.32 Å². The van der Waals surface area contributed by atoms with Gasteiger partial charge >= 0.3 is 0 Å². The van der Waals surface area contributed by atoms with Crippen LogP contribution in [-0.4, -0.2) is 24.1 Å². The summed E-state index contributed by atoms with van der Waals surface area (Å²) in [5.41, 5.74) is 5.49. The zero-order valence-electron chi connectivity index (χ0n) is 12.0. The molecule has 1 aliphatic rings. The van der Waals surface area contributed by atoms with Crippen LogP contribution in [0.15, 0.2) is 30.3 Å². The minimum absolute atomic E-state index is 0. The van der Waals surface area contributed by atoms with E-state index in [9.17, 15) is 4.79 Å². The minimum Gasteiger partial charge on any atom is -0.481 e. The maximum absolute atomic E-state index is 12.2. The Labute approximate surface area is 126 Å². The van der Waals surface area contributed by atoms with Crippen molar-refractivity contribution in [2.45, 2.75) is 38.3 Å². The normalized spacial score (nSPS) is 18.4. The van der Waals surface area contributed by atoms with Crippen molar-refractivity contribution in [2.24, 2.45) is 11.7 Å². The summed E-state index contributed by atoms with van der Waals surface area (Å²) >= 11 is 0. The van der Waals surface area contributed by atoms with E-state index in [1.54, 1.807) is 6.92 Å². The first-order valence-electron chi connectivity index (χ1n) is 6.79. The van der Waals surface area contributed by atoms with Crippen molar-refractivity contribution in [3.05, 3.63) is 30.3 Å². The van der Waals surface area contributed by atoms with E-state index in [0.29, 0.717) is 18.2 Å². The van der Waals surface area contributed by atoms with Gasteiger partial charge in [0.05, 0.1) is 5.54 Å². The molecule has 3 N–H and O–H groups in total. The number of nitrogens with two attached hydrogens (primary N) is 1. The quantitative estimate of drug-likeness (QED) is 0.845. The van der Waals surface area contributed by atoms with Crippen LogP contribution in [-0.2, 0) is 4.79 Å². The largest absolute Gasteiger partial charge is 0.481 e. The topological polar surface area (TPSA) is 64.3 Å². The van der Waals surface area contributed by atoms with E-state index in [-0.39, 0.29) is 23.9 Å². The molecule has 20 heavy (non-hydrogen) atoms. The van der Waals surface area contributed by atoms with Crippen LogP contribution in [0.1, 0.15) is 26.7 Å². The third kappa shape index (κ3) is 4.12. The number of benzene rings is 1. The maximum Gasteiger partial charge on any atom is 0.261 e. The molecule has 1 aliphatic carbocycles. The first-order chi connectivity index (χ1) is 9.05. The molecule has 1 amide bonds. The van der Waals surface area contributed by atoms with Gasteiger partial charge in [-0.25, -0.2) is 0 Å². The fraction of sp³-hybridized carbons (Fsp3) is 0.533. The molecule has 0 spiro atoms. The maximum atomic E-state index is 12.2. The number of rotatable bonds is 6. The molecule has 112 valence electrons. The molecule has 1 aromatic rings. The Morgan fingerprint density at radius 2 is 2.05 bits per heavy atom. The Kier molecular flexibility index (Phi) is 5.84. The van der Waals surface area contributed by atoms with E-state index in [4.69, 9.17) is 10.5 Å². The van der Waals surface area contributed by atoms with Crippen molar-refractivity contribution in [3.63, 3.8) is 0 Å². The Balaban J connectivity index is 0.00000200. The van der Waals surface area contributed by atoms with Gasteiger partial charge in [0.25, 0.3) is 5.91 Å². The molecule has 4 nitrogen and oxygen atoms in total. The molecular formula is C15H23ClN2O2. The molecule has 0 aliphatic heterocycles. The van der Waals surface area contributed by atoms with Gasteiger partial charge in [-0.05, 0) is 44.7 Å². The third-order valence-corrected chi connectivity index (χ3v) is 3.74. The number of hydrogen-bond acceptors (Lipinski definition) is 3. The first-order valence-corrected chi connectivity index (χ1v) is 6.79. The highest BCUT2D eigenvalue weighted by molar-refractivity contribution is 5.85. The van der Waals surface area contributed by atoms with Gasteiger partial charge in [-0.2, -0.15) is 0 Å². The molecular weight excluding hydrogens is 276 g/mol. The fourth-order valence-corrected chi connectivity index (χ4v) is 2.18. The number of ether oxygens (including phenoxy) is 1. The minimum atomic E-state index is -0.521. The van der Waals surface area contributed by atoms with Crippen LogP contribution in [0.5, 0.6) is 5.75 Å². The lowest BCUT2D eigenvalue weighted by Gasteiger charge is -2.30. The Hall–Kier alpha value is -1.26. The van der Waals surface area contributed by atoms with Crippen molar-refractivity contribution in [2.75, 3.05) is 6.54 Å². The van der Waals surface area contributed by atoms with Crippen LogP contribution in [0.3, 0.4) is 0 Å². The zero-order valence-corrected chi connectivity index (χ0v) is 12.8. The van der Waals surface area contributed by atoms with Gasteiger partial charge in [-0.3, -0.25) is 4.79 Å². The summed E-state index contributed by atoms with van der Waals surface area (Å²) in [5.74, 6) is 1.10. The molecule has 0 radical (unpaired) electrons. The predicted molar refractivity (Wildman–Crippen MR) is 82.1 cm³/mol. The number of nitrogens with one attached hydrogen (secondary N) is 1. The lowest BCUT2D eigenvalue weighted by Crippen LogP contribution is -2.56. The second-order valence-electron chi connectivity index (χ2n) is 5.46. The number of halogens is 1. The van der Waals surface area contributed by atoms with Crippen LogP contribution in [0.4, 0.5) is 0 Å². The summed E-state index contributed by atoms with van der Waals surface area (Å²) in [6.45, 7) is 4.23. The average Bonchev–Trinajstić information content (AvgIpc) is 3.24. The first kappa shape index (κ1) is 16.8. The highest BCUT2D eigenvalue weighted by Crippen LogP contribution is 2.39. The molecule has 1 saturated carbocycles. The zero-order chi connectivity index (χ0) is 13.9. The molecule has 0 saturated heterocycles. The number of carbonyl (C=O) groups is 1. The summed E-state index contributed by atoms with van der Waals surface area (Å²) in [4.78, 5) is 12.2. The standard InChI is InChI=1S/C15H22N2O2.ClH/c1-11(19-13-6-4-3-5-7-13)14(18)17-15(2,10-16)12-8-9-12;/h3-7,11-12H,8-10,16H2,1-2H3,(H,17,18);1H. The number of hydrogen-bond donors (Lipinski definition) is 2. The molecule has 2 rings (SSSR count). The molecule has 5 heteroatoms. The molecule has 1 aromatic carbocycles. The molecule has 0 bridgehead atoms. The lowest BCUT2D eigenvalue weighted by atomic mass is 9.95. The molecule has 0 heterocycles. The van der Waals surface area contributed by atoms with Crippen LogP contribution in [0.25, 0.3) is 0 Å². The van der Waals surface area contributed by atoms with E-state index in [1.807, 2.05) is 37.3 Å². The highest BCUT2D eigenvalue weighted by Gasteiger charge is 2.42. The van der Waals surface area contributed by atoms with Crippen molar-refractivity contribution in [3.8, 4) is 5.75 Å². The molecule has 2 atom stereocenters. The Morgan fingerprint density at radius 3 is 2.55 bits per heavy atom. The molecule has 0 aromatic heterocycles. The van der Waals surface area contributed by atoms with Gasteiger partial charge in [-0.1, -0.05) is 18.2 Å². The number of carbonyl (C=O) groups excluding carboxylic acids is 1.